The SMILES string of the molecule is O=C(OCc1ccccc1)N1CCO[C@H]2CCC[C@@H]21. The molecule has 1 aromatic carbocycles. The Morgan fingerprint density at radius 3 is 3.00 bits per heavy atom. The Hall–Kier alpha value is -1.55. The van der Waals surface area contributed by atoms with Gasteiger partial charge in [-0.25, -0.2) is 4.79 Å². The largest absolute Gasteiger partial charge is 0.445 e. The molecule has 102 valence electrons. The molecule has 2 aliphatic rings. The van der Waals surface area contributed by atoms with E-state index in [0.717, 1.165) is 24.8 Å². The number of fused-ring (bicyclic) bond motifs is 1. The molecule has 0 bridgehead atoms. The van der Waals surface area contributed by atoms with E-state index in [1.165, 1.54) is 0 Å². The summed E-state index contributed by atoms with van der Waals surface area (Å²) < 4.78 is 11.1. The van der Waals surface area contributed by atoms with Crippen molar-refractivity contribution in [3.8, 4) is 0 Å². The summed E-state index contributed by atoms with van der Waals surface area (Å²) in [5, 5.41) is 0. The normalized spacial score (nSPS) is 26.0. The Bertz CT molecular complexity index is 434. The van der Waals surface area contributed by atoms with E-state index in [4.69, 9.17) is 9.47 Å². The van der Waals surface area contributed by atoms with E-state index < -0.39 is 0 Å². The van der Waals surface area contributed by atoms with Crippen LogP contribution in [0.1, 0.15) is 24.8 Å². The number of amides is 1. The lowest BCUT2D eigenvalue weighted by Gasteiger charge is -2.36. The molecule has 1 aliphatic carbocycles. The molecule has 1 saturated carbocycles. The topological polar surface area (TPSA) is 38.8 Å². The molecule has 0 radical (unpaired) electrons. The lowest BCUT2D eigenvalue weighted by Crippen LogP contribution is -2.51. The van der Waals surface area contributed by atoms with E-state index in [0.29, 0.717) is 19.8 Å². The highest BCUT2D eigenvalue weighted by Crippen LogP contribution is 2.30. The standard InChI is InChI=1S/C15H19NO3/c17-15(19-11-12-5-2-1-3-6-12)16-9-10-18-14-8-4-7-13(14)16/h1-3,5-6,13-14H,4,7-11H2/t13-,14-/m0/s1. The van der Waals surface area contributed by atoms with Crippen LogP contribution in [0.2, 0.25) is 0 Å². The van der Waals surface area contributed by atoms with Crippen molar-refractivity contribution >= 4 is 6.09 Å². The summed E-state index contributed by atoms with van der Waals surface area (Å²) in [6.45, 7) is 1.62. The summed E-state index contributed by atoms with van der Waals surface area (Å²) in [5.41, 5.74) is 1.02. The molecule has 1 aliphatic heterocycles. The zero-order valence-electron chi connectivity index (χ0n) is 11.0. The van der Waals surface area contributed by atoms with Crippen molar-refractivity contribution < 1.29 is 14.3 Å². The van der Waals surface area contributed by atoms with Crippen LogP contribution >= 0.6 is 0 Å². The van der Waals surface area contributed by atoms with Crippen LogP contribution in [-0.2, 0) is 16.1 Å². The molecule has 1 heterocycles. The zero-order chi connectivity index (χ0) is 13.1. The van der Waals surface area contributed by atoms with Gasteiger partial charge in [-0.1, -0.05) is 30.3 Å². The van der Waals surface area contributed by atoms with Crippen molar-refractivity contribution in [3.05, 3.63) is 35.9 Å². The van der Waals surface area contributed by atoms with Gasteiger partial charge >= 0.3 is 6.09 Å². The van der Waals surface area contributed by atoms with Gasteiger partial charge < -0.3 is 14.4 Å². The number of nitrogens with zero attached hydrogens (tertiary/aromatic N) is 1. The number of rotatable bonds is 2. The molecule has 1 saturated heterocycles. The van der Waals surface area contributed by atoms with Gasteiger partial charge in [0.2, 0.25) is 0 Å². The van der Waals surface area contributed by atoms with Crippen molar-refractivity contribution in [2.45, 2.75) is 38.0 Å². The first-order valence-corrected chi connectivity index (χ1v) is 6.93. The molecule has 0 N–H and O–H groups in total. The van der Waals surface area contributed by atoms with E-state index >= 15 is 0 Å². The van der Waals surface area contributed by atoms with E-state index in [-0.39, 0.29) is 18.2 Å². The molecular weight excluding hydrogens is 242 g/mol. The third-order valence-corrected chi connectivity index (χ3v) is 3.92. The molecular formula is C15H19NO3. The summed E-state index contributed by atoms with van der Waals surface area (Å²) >= 11 is 0. The zero-order valence-corrected chi connectivity index (χ0v) is 11.0. The molecule has 19 heavy (non-hydrogen) atoms. The minimum Gasteiger partial charge on any atom is -0.445 e. The van der Waals surface area contributed by atoms with Crippen molar-refractivity contribution in [2.75, 3.05) is 13.2 Å². The predicted molar refractivity (Wildman–Crippen MR) is 70.7 cm³/mol. The van der Waals surface area contributed by atoms with Gasteiger partial charge in [-0.3, -0.25) is 0 Å². The van der Waals surface area contributed by atoms with Crippen LogP contribution in [-0.4, -0.2) is 36.3 Å². The third kappa shape index (κ3) is 2.73. The molecule has 3 rings (SSSR count). The number of carbonyl (C=O) groups is 1. The lowest BCUT2D eigenvalue weighted by atomic mass is 10.1. The van der Waals surface area contributed by atoms with Gasteiger partial charge in [-0.05, 0) is 24.8 Å². The summed E-state index contributed by atoms with van der Waals surface area (Å²) in [7, 11) is 0. The third-order valence-electron chi connectivity index (χ3n) is 3.92. The van der Waals surface area contributed by atoms with Gasteiger partial charge in [-0.2, -0.15) is 0 Å². The maximum absolute atomic E-state index is 12.2. The number of hydrogen-bond acceptors (Lipinski definition) is 3. The van der Waals surface area contributed by atoms with Crippen LogP contribution in [0.15, 0.2) is 30.3 Å². The fourth-order valence-electron chi connectivity index (χ4n) is 2.95. The van der Waals surface area contributed by atoms with Gasteiger partial charge in [0, 0.05) is 6.54 Å². The van der Waals surface area contributed by atoms with Crippen LogP contribution in [0.3, 0.4) is 0 Å². The molecule has 0 unspecified atom stereocenters. The first-order chi connectivity index (χ1) is 9.34. The van der Waals surface area contributed by atoms with Gasteiger partial charge in [0.05, 0.1) is 18.8 Å². The Labute approximate surface area is 113 Å². The highest BCUT2D eigenvalue weighted by molar-refractivity contribution is 5.68. The van der Waals surface area contributed by atoms with E-state index in [1.54, 1.807) is 0 Å². The molecule has 2 fully saturated rings. The minimum absolute atomic E-state index is 0.205. The quantitative estimate of drug-likeness (QED) is 0.821. The molecule has 1 amide bonds. The number of morpholine rings is 1. The molecule has 1 aromatic rings. The fraction of sp³-hybridized carbons (Fsp3) is 0.533. The average Bonchev–Trinajstić information content (AvgIpc) is 2.94. The van der Waals surface area contributed by atoms with Crippen molar-refractivity contribution in [2.24, 2.45) is 0 Å². The number of ether oxygens (including phenoxy) is 2. The maximum atomic E-state index is 12.2. The first kappa shape index (κ1) is 12.5. The summed E-state index contributed by atoms with van der Waals surface area (Å²) in [6, 6.07) is 10.00. The summed E-state index contributed by atoms with van der Waals surface area (Å²) in [4.78, 5) is 14.0. The van der Waals surface area contributed by atoms with Gasteiger partial charge in [0.1, 0.15) is 6.61 Å². The van der Waals surface area contributed by atoms with Gasteiger partial charge in [-0.15, -0.1) is 0 Å². The van der Waals surface area contributed by atoms with Crippen LogP contribution in [0.5, 0.6) is 0 Å². The van der Waals surface area contributed by atoms with Gasteiger partial charge in [0.15, 0.2) is 0 Å². The second kappa shape index (κ2) is 5.61. The predicted octanol–water partition coefficient (Wildman–Crippen LogP) is 2.58. The first-order valence-electron chi connectivity index (χ1n) is 6.93. The lowest BCUT2D eigenvalue weighted by molar-refractivity contribution is -0.0521. The second-order valence-electron chi connectivity index (χ2n) is 5.14. The molecule has 4 heteroatoms. The number of carbonyl (C=O) groups excluding carboxylic acids is 1. The average molecular weight is 261 g/mol. The van der Waals surface area contributed by atoms with Crippen LogP contribution in [0, 0.1) is 0 Å². The number of hydrogen-bond donors (Lipinski definition) is 0. The Kier molecular flexibility index (Phi) is 3.69. The van der Waals surface area contributed by atoms with Crippen molar-refractivity contribution in [1.82, 2.24) is 4.90 Å². The molecule has 2 atom stereocenters. The van der Waals surface area contributed by atoms with Crippen molar-refractivity contribution in [1.29, 1.82) is 0 Å². The van der Waals surface area contributed by atoms with Crippen LogP contribution in [0.4, 0.5) is 4.79 Å². The highest BCUT2D eigenvalue weighted by atomic mass is 16.6. The minimum atomic E-state index is -0.205. The molecule has 4 nitrogen and oxygen atoms in total. The van der Waals surface area contributed by atoms with E-state index in [9.17, 15) is 4.79 Å². The summed E-state index contributed by atoms with van der Waals surface area (Å²) in [6.07, 6.45) is 3.25. The Morgan fingerprint density at radius 1 is 1.32 bits per heavy atom. The van der Waals surface area contributed by atoms with E-state index in [2.05, 4.69) is 0 Å². The highest BCUT2D eigenvalue weighted by Gasteiger charge is 2.39. The second-order valence-corrected chi connectivity index (χ2v) is 5.14. The van der Waals surface area contributed by atoms with Gasteiger partial charge in [0.25, 0.3) is 0 Å². The monoisotopic (exact) mass is 261 g/mol. The molecule has 0 aromatic heterocycles. The Morgan fingerprint density at radius 2 is 2.16 bits per heavy atom. The maximum Gasteiger partial charge on any atom is 0.410 e. The molecule has 0 spiro atoms. The smallest absolute Gasteiger partial charge is 0.410 e. The van der Waals surface area contributed by atoms with Crippen LogP contribution in [0.25, 0.3) is 0 Å². The van der Waals surface area contributed by atoms with E-state index in [1.807, 2.05) is 35.2 Å². The van der Waals surface area contributed by atoms with Crippen LogP contribution < -0.4 is 0 Å². The Balaban J connectivity index is 1.57. The fourth-order valence-corrected chi connectivity index (χ4v) is 2.95. The van der Waals surface area contributed by atoms with Crippen molar-refractivity contribution in [3.63, 3.8) is 0 Å². The summed E-state index contributed by atoms with van der Waals surface area (Å²) in [5.74, 6) is 0. The number of benzene rings is 1.